The molecule has 0 aromatic carbocycles. The predicted molar refractivity (Wildman–Crippen MR) is 115 cm³/mol. The van der Waals surface area contributed by atoms with E-state index in [4.69, 9.17) is 0 Å². The molecule has 162 valence electrons. The number of amides is 1. The molecule has 8 heteroatoms. The van der Waals surface area contributed by atoms with E-state index in [1.165, 1.54) is 43.7 Å². The molecule has 3 fully saturated rings. The van der Waals surface area contributed by atoms with Gasteiger partial charge in [0, 0.05) is 38.6 Å². The van der Waals surface area contributed by atoms with Gasteiger partial charge < -0.3 is 9.80 Å². The standard InChI is InChI=1S/C21H33N3O3S2/c25-20(23-12-8-19(9-13-23)22-10-2-1-3-11-22)17-18-6-14-24(15-7-18)29(26,27)21-5-4-16-28-21/h4-5,16,18-19H,1-3,6-15,17H2. The number of hydrogen-bond acceptors (Lipinski definition) is 5. The van der Waals surface area contributed by atoms with Crippen molar-refractivity contribution in [2.45, 2.75) is 61.6 Å². The van der Waals surface area contributed by atoms with Crippen molar-refractivity contribution in [2.75, 3.05) is 39.3 Å². The number of piperidine rings is 3. The zero-order valence-electron chi connectivity index (χ0n) is 17.2. The van der Waals surface area contributed by atoms with E-state index in [1.807, 2.05) is 0 Å². The molecule has 0 saturated carbocycles. The van der Waals surface area contributed by atoms with Gasteiger partial charge in [-0.25, -0.2) is 8.42 Å². The van der Waals surface area contributed by atoms with Gasteiger partial charge in [-0.05, 0) is 69.0 Å². The van der Waals surface area contributed by atoms with E-state index in [0.29, 0.717) is 35.7 Å². The summed E-state index contributed by atoms with van der Waals surface area (Å²) in [7, 11) is -3.36. The number of nitrogens with zero attached hydrogens (tertiary/aromatic N) is 3. The smallest absolute Gasteiger partial charge is 0.252 e. The number of carbonyl (C=O) groups is 1. The first kappa shape index (κ1) is 21.3. The van der Waals surface area contributed by atoms with Crippen LogP contribution in [0.3, 0.4) is 0 Å². The molecule has 0 aliphatic carbocycles. The summed E-state index contributed by atoms with van der Waals surface area (Å²) in [6.07, 6.45) is 8.33. The number of thiophene rings is 1. The van der Waals surface area contributed by atoms with Gasteiger partial charge in [-0.15, -0.1) is 11.3 Å². The van der Waals surface area contributed by atoms with Crippen molar-refractivity contribution in [2.24, 2.45) is 5.92 Å². The summed E-state index contributed by atoms with van der Waals surface area (Å²) >= 11 is 1.27. The minimum Gasteiger partial charge on any atom is -0.343 e. The fourth-order valence-corrected chi connectivity index (χ4v) is 7.65. The molecule has 0 radical (unpaired) electrons. The molecule has 6 nitrogen and oxygen atoms in total. The zero-order valence-corrected chi connectivity index (χ0v) is 18.8. The van der Waals surface area contributed by atoms with Crippen molar-refractivity contribution in [3.63, 3.8) is 0 Å². The third-order valence-electron chi connectivity index (χ3n) is 6.85. The van der Waals surface area contributed by atoms with Crippen LogP contribution in [0, 0.1) is 5.92 Å². The van der Waals surface area contributed by atoms with Crippen LogP contribution in [0.25, 0.3) is 0 Å². The molecule has 29 heavy (non-hydrogen) atoms. The molecular weight excluding hydrogens is 406 g/mol. The summed E-state index contributed by atoms with van der Waals surface area (Å²) < 4.78 is 27.3. The molecule has 4 heterocycles. The van der Waals surface area contributed by atoms with Crippen LogP contribution in [-0.2, 0) is 14.8 Å². The Morgan fingerprint density at radius 1 is 0.966 bits per heavy atom. The fraction of sp³-hybridized carbons (Fsp3) is 0.762. The largest absolute Gasteiger partial charge is 0.343 e. The molecule has 3 aliphatic heterocycles. The molecule has 4 rings (SSSR count). The number of rotatable bonds is 5. The molecule has 1 aromatic rings. The van der Waals surface area contributed by atoms with E-state index < -0.39 is 10.0 Å². The second kappa shape index (κ2) is 9.45. The third kappa shape index (κ3) is 5.03. The summed E-state index contributed by atoms with van der Waals surface area (Å²) in [6.45, 7) is 5.26. The minimum absolute atomic E-state index is 0.265. The molecule has 0 spiro atoms. The van der Waals surface area contributed by atoms with E-state index in [0.717, 1.165) is 38.8 Å². The highest BCUT2D eigenvalue weighted by molar-refractivity contribution is 7.91. The number of hydrogen-bond donors (Lipinski definition) is 0. The van der Waals surface area contributed by atoms with Crippen LogP contribution in [0.5, 0.6) is 0 Å². The average Bonchev–Trinajstić information content (AvgIpc) is 3.31. The third-order valence-corrected chi connectivity index (χ3v) is 10.1. The van der Waals surface area contributed by atoms with Crippen molar-refractivity contribution in [1.29, 1.82) is 0 Å². The Labute approximate surface area is 178 Å². The lowest BCUT2D eigenvalue weighted by atomic mass is 9.93. The molecule has 1 aromatic heterocycles. The topological polar surface area (TPSA) is 60.9 Å². The summed E-state index contributed by atoms with van der Waals surface area (Å²) in [6, 6.07) is 4.10. The molecule has 3 aliphatic rings. The lowest BCUT2D eigenvalue weighted by Crippen LogP contribution is -2.48. The summed E-state index contributed by atoms with van der Waals surface area (Å²) in [5.74, 6) is 0.568. The van der Waals surface area contributed by atoms with Crippen LogP contribution in [0.4, 0.5) is 0 Å². The highest BCUT2D eigenvalue weighted by Gasteiger charge is 2.32. The van der Waals surface area contributed by atoms with Crippen molar-refractivity contribution < 1.29 is 13.2 Å². The second-order valence-electron chi connectivity index (χ2n) is 8.69. The molecule has 0 N–H and O–H groups in total. The van der Waals surface area contributed by atoms with E-state index in [-0.39, 0.29) is 5.91 Å². The lowest BCUT2D eigenvalue weighted by molar-refractivity contribution is -0.134. The zero-order chi connectivity index (χ0) is 20.3. The molecule has 0 bridgehead atoms. The molecule has 1 amide bonds. The number of sulfonamides is 1. The van der Waals surface area contributed by atoms with Gasteiger partial charge in [0.05, 0.1) is 0 Å². The minimum atomic E-state index is -3.36. The molecule has 0 unspecified atom stereocenters. The summed E-state index contributed by atoms with van der Waals surface area (Å²) in [4.78, 5) is 17.5. The Balaban J connectivity index is 1.21. The van der Waals surface area contributed by atoms with Gasteiger partial charge in [0.25, 0.3) is 10.0 Å². The van der Waals surface area contributed by atoms with Crippen LogP contribution in [0.15, 0.2) is 21.7 Å². The van der Waals surface area contributed by atoms with Crippen molar-refractivity contribution in [1.82, 2.24) is 14.1 Å². The van der Waals surface area contributed by atoms with Crippen LogP contribution in [-0.4, -0.2) is 73.7 Å². The van der Waals surface area contributed by atoms with Gasteiger partial charge in [-0.3, -0.25) is 4.79 Å². The molecule has 3 saturated heterocycles. The monoisotopic (exact) mass is 439 g/mol. The van der Waals surface area contributed by atoms with E-state index in [1.54, 1.807) is 21.8 Å². The Kier molecular flexibility index (Phi) is 6.94. The first-order valence-electron chi connectivity index (χ1n) is 11.1. The Hall–Kier alpha value is -0.960. The molecular formula is C21H33N3O3S2. The Morgan fingerprint density at radius 3 is 2.28 bits per heavy atom. The Morgan fingerprint density at radius 2 is 1.66 bits per heavy atom. The number of carbonyl (C=O) groups excluding carboxylic acids is 1. The van der Waals surface area contributed by atoms with E-state index >= 15 is 0 Å². The van der Waals surface area contributed by atoms with Crippen molar-refractivity contribution in [3.05, 3.63) is 17.5 Å². The van der Waals surface area contributed by atoms with Gasteiger partial charge in [0.1, 0.15) is 4.21 Å². The van der Waals surface area contributed by atoms with Crippen LogP contribution in [0.2, 0.25) is 0 Å². The van der Waals surface area contributed by atoms with Crippen LogP contribution < -0.4 is 0 Å². The van der Waals surface area contributed by atoms with Crippen molar-refractivity contribution in [3.8, 4) is 0 Å². The van der Waals surface area contributed by atoms with Gasteiger partial charge in [0.15, 0.2) is 0 Å². The normalized spacial score (nSPS) is 24.1. The fourth-order valence-electron chi connectivity index (χ4n) is 5.03. The van der Waals surface area contributed by atoms with Crippen LogP contribution in [0.1, 0.15) is 51.4 Å². The summed E-state index contributed by atoms with van der Waals surface area (Å²) in [5, 5.41) is 1.80. The predicted octanol–water partition coefficient (Wildman–Crippen LogP) is 3.02. The van der Waals surface area contributed by atoms with Gasteiger partial charge in [0.2, 0.25) is 5.91 Å². The number of likely N-dealkylation sites (tertiary alicyclic amines) is 2. The highest BCUT2D eigenvalue weighted by atomic mass is 32.2. The van der Waals surface area contributed by atoms with Gasteiger partial charge in [-0.1, -0.05) is 12.5 Å². The quantitative estimate of drug-likeness (QED) is 0.708. The SMILES string of the molecule is O=C(CC1CCN(S(=O)(=O)c2cccs2)CC1)N1CCC(N2CCCCC2)CC1. The first-order chi connectivity index (χ1) is 14.0. The van der Waals surface area contributed by atoms with E-state index in [2.05, 4.69) is 9.80 Å². The molecule has 0 atom stereocenters. The van der Waals surface area contributed by atoms with Crippen molar-refractivity contribution >= 4 is 27.3 Å². The van der Waals surface area contributed by atoms with E-state index in [9.17, 15) is 13.2 Å². The maximum atomic E-state index is 12.8. The second-order valence-corrected chi connectivity index (χ2v) is 11.8. The van der Waals surface area contributed by atoms with Crippen LogP contribution >= 0.6 is 11.3 Å². The average molecular weight is 440 g/mol. The summed E-state index contributed by atoms with van der Waals surface area (Å²) in [5.41, 5.74) is 0. The first-order valence-corrected chi connectivity index (χ1v) is 13.4. The maximum absolute atomic E-state index is 12.8. The van der Waals surface area contributed by atoms with Gasteiger partial charge in [-0.2, -0.15) is 4.31 Å². The maximum Gasteiger partial charge on any atom is 0.252 e. The Bertz CT molecular complexity index is 759. The lowest BCUT2D eigenvalue weighted by Gasteiger charge is -2.40. The highest BCUT2D eigenvalue weighted by Crippen LogP contribution is 2.29. The van der Waals surface area contributed by atoms with Gasteiger partial charge >= 0.3 is 0 Å².